The Morgan fingerprint density at radius 3 is 2.30 bits per heavy atom. The van der Waals surface area contributed by atoms with E-state index in [1.807, 2.05) is 0 Å². The summed E-state index contributed by atoms with van der Waals surface area (Å²) in [5.74, 6) is -0.878. The molecular weight excluding hydrogens is 260 g/mol. The van der Waals surface area contributed by atoms with E-state index in [0.717, 1.165) is 37.5 Å². The van der Waals surface area contributed by atoms with E-state index in [1.165, 1.54) is 0 Å². The van der Waals surface area contributed by atoms with E-state index in [0.29, 0.717) is 18.8 Å². The van der Waals surface area contributed by atoms with Gasteiger partial charge in [0.1, 0.15) is 11.6 Å². The lowest BCUT2D eigenvalue weighted by atomic mass is 9.66. The molecule has 0 amide bonds. The van der Waals surface area contributed by atoms with Gasteiger partial charge >= 0.3 is 0 Å². The van der Waals surface area contributed by atoms with Crippen LogP contribution in [0.1, 0.15) is 50.7 Å². The number of aliphatic hydroxyl groups excluding tert-OH is 1. The van der Waals surface area contributed by atoms with Crippen molar-refractivity contribution in [3.63, 3.8) is 0 Å². The summed E-state index contributed by atoms with van der Waals surface area (Å²) in [6.45, 7) is 2.11. The van der Waals surface area contributed by atoms with Gasteiger partial charge in [0.15, 0.2) is 0 Å². The highest BCUT2D eigenvalue weighted by Crippen LogP contribution is 2.47. The average Bonchev–Trinajstić information content (AvgIpc) is 2.45. The number of nitrogens with zero attached hydrogens (tertiary/aromatic N) is 1. The summed E-state index contributed by atoms with van der Waals surface area (Å²) in [4.78, 5) is 0. The Bertz CT molecular complexity index is 495. The van der Waals surface area contributed by atoms with Gasteiger partial charge in [0.2, 0.25) is 0 Å². The average molecular weight is 279 g/mol. The number of benzene rings is 1. The van der Waals surface area contributed by atoms with Gasteiger partial charge in [-0.05, 0) is 49.3 Å². The van der Waals surface area contributed by atoms with Crippen molar-refractivity contribution in [1.29, 1.82) is 5.26 Å². The molecule has 0 aromatic heterocycles. The van der Waals surface area contributed by atoms with Gasteiger partial charge in [-0.2, -0.15) is 5.26 Å². The zero-order chi connectivity index (χ0) is 14.8. The molecule has 0 spiro atoms. The first kappa shape index (κ1) is 14.9. The fraction of sp³-hybridized carbons (Fsp3) is 0.562. The van der Waals surface area contributed by atoms with Crippen LogP contribution in [0.2, 0.25) is 0 Å². The third-order valence-electron chi connectivity index (χ3n) is 4.52. The maximum Gasteiger partial charge on any atom is 0.126 e. The molecule has 1 atom stereocenters. The maximum atomic E-state index is 13.3. The molecule has 20 heavy (non-hydrogen) atoms. The van der Waals surface area contributed by atoms with Crippen molar-refractivity contribution < 1.29 is 13.9 Å². The Morgan fingerprint density at radius 2 is 1.85 bits per heavy atom. The maximum absolute atomic E-state index is 13.3. The van der Waals surface area contributed by atoms with Crippen molar-refractivity contribution in [2.24, 2.45) is 11.3 Å². The Kier molecular flexibility index (Phi) is 4.39. The topological polar surface area (TPSA) is 44.0 Å². The molecule has 0 radical (unpaired) electrons. The number of aliphatic hydroxyl groups is 1. The van der Waals surface area contributed by atoms with Crippen LogP contribution in [0.5, 0.6) is 0 Å². The lowest BCUT2D eigenvalue weighted by Gasteiger charge is -2.38. The zero-order valence-corrected chi connectivity index (χ0v) is 11.6. The van der Waals surface area contributed by atoms with Gasteiger partial charge in [0.25, 0.3) is 0 Å². The first-order chi connectivity index (χ1) is 9.50. The predicted octanol–water partition coefficient (Wildman–Crippen LogP) is 4.11. The molecule has 108 valence electrons. The molecule has 1 aromatic rings. The van der Waals surface area contributed by atoms with Crippen LogP contribution in [0.3, 0.4) is 0 Å². The molecule has 2 nitrogen and oxygen atoms in total. The monoisotopic (exact) mass is 279 g/mol. The summed E-state index contributed by atoms with van der Waals surface area (Å²) < 4.78 is 26.5. The van der Waals surface area contributed by atoms with Crippen molar-refractivity contribution in [3.8, 4) is 6.07 Å². The number of halogens is 2. The highest BCUT2D eigenvalue weighted by molar-refractivity contribution is 5.25. The molecule has 0 bridgehead atoms. The summed E-state index contributed by atoms with van der Waals surface area (Å²) in [6.07, 6.45) is 2.81. The molecule has 1 N–H and O–H groups in total. The number of hydrogen-bond donors (Lipinski definition) is 1. The fourth-order valence-electron chi connectivity index (χ4n) is 3.10. The van der Waals surface area contributed by atoms with Gasteiger partial charge < -0.3 is 5.11 Å². The van der Waals surface area contributed by atoms with Crippen LogP contribution < -0.4 is 0 Å². The Hall–Kier alpha value is -1.47. The minimum Gasteiger partial charge on any atom is -0.387 e. The SMILES string of the molecule is CCC1CCC(C#N)(C(O)c2cc(F)cc(F)c2)CC1. The summed E-state index contributed by atoms with van der Waals surface area (Å²) >= 11 is 0. The summed E-state index contributed by atoms with van der Waals surface area (Å²) in [5.41, 5.74) is -0.773. The second-order valence-corrected chi connectivity index (χ2v) is 5.72. The van der Waals surface area contributed by atoms with Crippen LogP contribution in [0, 0.1) is 34.3 Å². The Balaban J connectivity index is 2.25. The molecule has 4 heteroatoms. The quantitative estimate of drug-likeness (QED) is 0.905. The highest BCUT2D eigenvalue weighted by Gasteiger charge is 2.42. The van der Waals surface area contributed by atoms with E-state index in [2.05, 4.69) is 13.0 Å². The lowest BCUT2D eigenvalue weighted by Crippen LogP contribution is -2.32. The molecule has 1 saturated carbocycles. The summed E-state index contributed by atoms with van der Waals surface area (Å²) in [7, 11) is 0. The molecule has 0 heterocycles. The van der Waals surface area contributed by atoms with Crippen molar-refractivity contribution in [2.45, 2.75) is 45.1 Å². The van der Waals surface area contributed by atoms with Crippen molar-refractivity contribution in [3.05, 3.63) is 35.4 Å². The number of nitriles is 1. The van der Waals surface area contributed by atoms with Crippen LogP contribution in [-0.4, -0.2) is 5.11 Å². The fourth-order valence-corrected chi connectivity index (χ4v) is 3.10. The normalized spacial score (nSPS) is 27.9. The molecular formula is C16H19F2NO. The van der Waals surface area contributed by atoms with Gasteiger partial charge in [-0.15, -0.1) is 0 Å². The molecule has 0 aliphatic heterocycles. The smallest absolute Gasteiger partial charge is 0.126 e. The molecule has 1 aromatic carbocycles. The van der Waals surface area contributed by atoms with Crippen LogP contribution in [-0.2, 0) is 0 Å². The highest BCUT2D eigenvalue weighted by atomic mass is 19.1. The van der Waals surface area contributed by atoms with Crippen molar-refractivity contribution >= 4 is 0 Å². The standard InChI is InChI=1S/C16H19F2NO/c1-2-11-3-5-16(10-19,6-4-11)15(20)12-7-13(17)9-14(18)8-12/h7-9,11,15,20H,2-6H2,1H3. The molecule has 0 saturated heterocycles. The minimum atomic E-state index is -1.14. The van der Waals surface area contributed by atoms with E-state index in [1.54, 1.807) is 0 Å². The zero-order valence-electron chi connectivity index (χ0n) is 11.6. The molecule has 2 rings (SSSR count). The van der Waals surface area contributed by atoms with Gasteiger partial charge in [-0.25, -0.2) is 8.78 Å². The minimum absolute atomic E-state index is 0.152. The third-order valence-corrected chi connectivity index (χ3v) is 4.52. The second-order valence-electron chi connectivity index (χ2n) is 5.72. The molecule has 1 aliphatic rings. The van der Waals surface area contributed by atoms with E-state index in [9.17, 15) is 19.1 Å². The number of rotatable bonds is 3. The van der Waals surface area contributed by atoms with E-state index in [4.69, 9.17) is 0 Å². The van der Waals surface area contributed by atoms with Gasteiger partial charge in [-0.1, -0.05) is 13.3 Å². The predicted molar refractivity (Wildman–Crippen MR) is 71.6 cm³/mol. The van der Waals surface area contributed by atoms with Crippen LogP contribution in [0.25, 0.3) is 0 Å². The molecule has 1 unspecified atom stereocenters. The number of hydrogen-bond acceptors (Lipinski definition) is 2. The summed E-state index contributed by atoms with van der Waals surface area (Å²) in [6, 6.07) is 5.19. The Morgan fingerprint density at radius 1 is 1.30 bits per heavy atom. The van der Waals surface area contributed by atoms with Crippen LogP contribution in [0.15, 0.2) is 18.2 Å². The van der Waals surface area contributed by atoms with E-state index < -0.39 is 23.2 Å². The van der Waals surface area contributed by atoms with E-state index >= 15 is 0 Å². The van der Waals surface area contributed by atoms with Gasteiger partial charge in [-0.3, -0.25) is 0 Å². The molecule has 1 fully saturated rings. The lowest BCUT2D eigenvalue weighted by molar-refractivity contribution is 0.0239. The van der Waals surface area contributed by atoms with Crippen molar-refractivity contribution in [2.75, 3.05) is 0 Å². The van der Waals surface area contributed by atoms with Crippen molar-refractivity contribution in [1.82, 2.24) is 0 Å². The third kappa shape index (κ3) is 2.83. The second kappa shape index (κ2) is 5.88. The van der Waals surface area contributed by atoms with Crippen LogP contribution >= 0.6 is 0 Å². The Labute approximate surface area is 118 Å². The molecule has 1 aliphatic carbocycles. The van der Waals surface area contributed by atoms with Crippen LogP contribution in [0.4, 0.5) is 8.78 Å². The van der Waals surface area contributed by atoms with Gasteiger partial charge in [0, 0.05) is 6.07 Å². The van der Waals surface area contributed by atoms with Gasteiger partial charge in [0.05, 0.1) is 17.6 Å². The largest absolute Gasteiger partial charge is 0.387 e. The first-order valence-corrected chi connectivity index (χ1v) is 7.06. The van der Waals surface area contributed by atoms with E-state index in [-0.39, 0.29) is 5.56 Å². The summed E-state index contributed by atoms with van der Waals surface area (Å²) in [5, 5.41) is 19.9. The first-order valence-electron chi connectivity index (χ1n) is 7.06.